The zero-order chi connectivity index (χ0) is 43.9. The number of rotatable bonds is 9. The van der Waals surface area contributed by atoms with E-state index in [1.807, 2.05) is 18.2 Å². The van der Waals surface area contributed by atoms with Crippen LogP contribution in [0.4, 0.5) is 34.4 Å². The van der Waals surface area contributed by atoms with Crippen LogP contribution in [0.1, 0.15) is 33.4 Å². The van der Waals surface area contributed by atoms with Gasteiger partial charge < -0.3 is 4.90 Å². The number of nitrogens with zero attached hydrogens (tertiary/aromatic N) is 5. The van der Waals surface area contributed by atoms with Gasteiger partial charge in [0.2, 0.25) is 5.95 Å². The van der Waals surface area contributed by atoms with Gasteiger partial charge in [-0.2, -0.15) is 9.97 Å². The Morgan fingerprint density at radius 2 is 0.734 bits per heavy atom. The highest BCUT2D eigenvalue weighted by molar-refractivity contribution is 5.96. The number of aryl methyl sites for hydroxylation is 6. The van der Waals surface area contributed by atoms with Crippen LogP contribution in [0, 0.1) is 41.5 Å². The lowest BCUT2D eigenvalue weighted by atomic mass is 9.95. The summed E-state index contributed by atoms with van der Waals surface area (Å²) in [5.74, 6) is 1.71. The Bertz CT molecular complexity index is 3240. The van der Waals surface area contributed by atoms with Gasteiger partial charge in [0, 0.05) is 28.2 Å². The lowest BCUT2D eigenvalue weighted by Crippen LogP contribution is -2.17. The van der Waals surface area contributed by atoms with Crippen LogP contribution in [0.25, 0.3) is 55.4 Å². The van der Waals surface area contributed by atoms with Crippen molar-refractivity contribution in [2.75, 3.05) is 9.80 Å². The van der Waals surface area contributed by atoms with Crippen molar-refractivity contribution in [1.29, 1.82) is 0 Å². The van der Waals surface area contributed by atoms with Gasteiger partial charge in [-0.15, -0.1) is 0 Å². The Balaban J connectivity index is 1.21. The zero-order valence-electron chi connectivity index (χ0n) is 37.1. The van der Waals surface area contributed by atoms with E-state index in [4.69, 9.17) is 15.0 Å². The molecule has 0 saturated carbocycles. The molecule has 0 aliphatic carbocycles. The molecule has 1 heterocycles. The number of hydrogen-bond donors (Lipinski definition) is 0. The van der Waals surface area contributed by atoms with Crippen LogP contribution in [0.15, 0.2) is 188 Å². The second-order valence-electron chi connectivity index (χ2n) is 17.0. The molecule has 0 amide bonds. The van der Waals surface area contributed by atoms with Crippen LogP contribution >= 0.6 is 0 Å². The fourth-order valence-corrected chi connectivity index (χ4v) is 9.45. The maximum absolute atomic E-state index is 5.46. The Labute approximate surface area is 376 Å². The standard InChI is InChI=1S/C59H49N5/c1-38-31-40(3)55(41(4)32-38)64(56-42(5)33-39(2)34-43(56)6)51-29-27-50(28-30-51)63(52-26-25-44-17-13-14-22-47(44)35-52)59-61-57(46-20-11-8-12-21-46)60-58(62-59)54-37-49-24-16-15-23-48(49)36-53(54)45-18-9-7-10-19-45/h7-37H,1-6H3. The number of anilines is 6. The Kier molecular flexibility index (Phi) is 10.5. The average Bonchev–Trinajstić information content (AvgIpc) is 3.31. The summed E-state index contributed by atoms with van der Waals surface area (Å²) in [6.45, 7) is 13.2. The van der Waals surface area contributed by atoms with Gasteiger partial charge in [0.15, 0.2) is 11.6 Å². The summed E-state index contributed by atoms with van der Waals surface area (Å²) >= 11 is 0. The van der Waals surface area contributed by atoms with Crippen molar-refractivity contribution in [1.82, 2.24) is 15.0 Å². The van der Waals surface area contributed by atoms with Crippen LogP contribution in [0.2, 0.25) is 0 Å². The Morgan fingerprint density at radius 3 is 1.28 bits per heavy atom. The second kappa shape index (κ2) is 16.8. The van der Waals surface area contributed by atoms with Gasteiger partial charge in [0.25, 0.3) is 0 Å². The predicted molar refractivity (Wildman–Crippen MR) is 269 cm³/mol. The molecule has 0 aliphatic rings. The van der Waals surface area contributed by atoms with E-state index in [1.165, 1.54) is 44.8 Å². The van der Waals surface area contributed by atoms with Gasteiger partial charge in [-0.3, -0.25) is 4.90 Å². The minimum Gasteiger partial charge on any atom is -0.309 e. The van der Waals surface area contributed by atoms with Crippen LogP contribution in [0.3, 0.4) is 0 Å². The lowest BCUT2D eigenvalue weighted by Gasteiger charge is -2.32. The molecule has 5 nitrogen and oxygen atoms in total. The molecular formula is C59H49N5. The Morgan fingerprint density at radius 1 is 0.312 bits per heavy atom. The fraction of sp³-hybridized carbons (Fsp3) is 0.102. The van der Waals surface area contributed by atoms with E-state index >= 15 is 0 Å². The zero-order valence-corrected chi connectivity index (χ0v) is 37.1. The summed E-state index contributed by atoms with van der Waals surface area (Å²) in [6, 6.07) is 66.7. The van der Waals surface area contributed by atoms with Crippen LogP contribution in [0.5, 0.6) is 0 Å². The predicted octanol–water partition coefficient (Wildman–Crippen LogP) is 16.0. The minimum atomic E-state index is 0.520. The monoisotopic (exact) mass is 827 g/mol. The van der Waals surface area contributed by atoms with E-state index < -0.39 is 0 Å². The molecule has 0 fully saturated rings. The molecule has 0 N–H and O–H groups in total. The Hall–Kier alpha value is -7.89. The third kappa shape index (κ3) is 7.67. The third-order valence-electron chi connectivity index (χ3n) is 12.1. The number of fused-ring (bicyclic) bond motifs is 2. The molecule has 0 spiro atoms. The molecule has 10 rings (SSSR count). The summed E-state index contributed by atoms with van der Waals surface area (Å²) in [6.07, 6.45) is 0. The van der Waals surface area contributed by atoms with Crippen molar-refractivity contribution in [2.24, 2.45) is 0 Å². The number of hydrogen-bond acceptors (Lipinski definition) is 5. The summed E-state index contributed by atoms with van der Waals surface area (Å²) in [5, 5.41) is 4.56. The van der Waals surface area contributed by atoms with Gasteiger partial charge in [-0.25, -0.2) is 4.98 Å². The maximum Gasteiger partial charge on any atom is 0.238 e. The van der Waals surface area contributed by atoms with E-state index in [0.29, 0.717) is 17.6 Å². The van der Waals surface area contributed by atoms with E-state index in [9.17, 15) is 0 Å². The first-order valence-electron chi connectivity index (χ1n) is 21.9. The van der Waals surface area contributed by atoms with Gasteiger partial charge in [0.05, 0.1) is 11.4 Å². The topological polar surface area (TPSA) is 45.2 Å². The van der Waals surface area contributed by atoms with E-state index in [-0.39, 0.29) is 0 Å². The van der Waals surface area contributed by atoms with Crippen LogP contribution in [-0.4, -0.2) is 15.0 Å². The highest BCUT2D eigenvalue weighted by atomic mass is 15.3. The SMILES string of the molecule is Cc1cc(C)c(N(c2ccc(N(c3ccc4ccccc4c3)c3nc(-c4ccccc4)nc(-c4cc5ccccc5cc4-c4ccccc4)n3)cc2)c2c(C)cc(C)cc2C)c(C)c1. The first-order valence-corrected chi connectivity index (χ1v) is 21.9. The molecule has 0 atom stereocenters. The van der Waals surface area contributed by atoms with Crippen molar-refractivity contribution in [3.05, 3.63) is 221 Å². The van der Waals surface area contributed by atoms with Crippen molar-refractivity contribution in [2.45, 2.75) is 41.5 Å². The normalized spacial score (nSPS) is 11.3. The minimum absolute atomic E-state index is 0.520. The third-order valence-corrected chi connectivity index (χ3v) is 12.1. The molecule has 5 heteroatoms. The fourth-order valence-electron chi connectivity index (χ4n) is 9.45. The molecular weight excluding hydrogens is 779 g/mol. The van der Waals surface area contributed by atoms with Crippen LogP contribution < -0.4 is 9.80 Å². The van der Waals surface area contributed by atoms with Crippen molar-refractivity contribution in [3.63, 3.8) is 0 Å². The average molecular weight is 828 g/mol. The highest BCUT2D eigenvalue weighted by Gasteiger charge is 2.25. The second-order valence-corrected chi connectivity index (χ2v) is 17.0. The summed E-state index contributed by atoms with van der Waals surface area (Å²) < 4.78 is 0. The quantitative estimate of drug-likeness (QED) is 0.145. The summed E-state index contributed by atoms with van der Waals surface area (Å²) in [7, 11) is 0. The molecule has 1 aromatic heterocycles. The smallest absolute Gasteiger partial charge is 0.238 e. The molecule has 10 aromatic rings. The first-order chi connectivity index (χ1) is 31.2. The molecule has 64 heavy (non-hydrogen) atoms. The molecule has 0 radical (unpaired) electrons. The molecule has 0 unspecified atom stereocenters. The molecule has 0 bridgehead atoms. The lowest BCUT2D eigenvalue weighted by molar-refractivity contribution is 1.02. The van der Waals surface area contributed by atoms with E-state index in [2.05, 4.69) is 221 Å². The summed E-state index contributed by atoms with van der Waals surface area (Å²) in [4.78, 5) is 20.7. The number of aromatic nitrogens is 3. The largest absolute Gasteiger partial charge is 0.309 e. The van der Waals surface area contributed by atoms with Gasteiger partial charge >= 0.3 is 0 Å². The van der Waals surface area contributed by atoms with Gasteiger partial charge in [0.1, 0.15) is 0 Å². The molecule has 0 saturated heterocycles. The van der Waals surface area contributed by atoms with Gasteiger partial charge in [-0.1, -0.05) is 151 Å². The van der Waals surface area contributed by atoms with E-state index in [1.54, 1.807) is 0 Å². The van der Waals surface area contributed by atoms with Crippen molar-refractivity contribution in [3.8, 4) is 33.9 Å². The van der Waals surface area contributed by atoms with Crippen LogP contribution in [-0.2, 0) is 0 Å². The summed E-state index contributed by atoms with van der Waals surface area (Å²) in [5.41, 5.74) is 16.7. The maximum atomic E-state index is 5.46. The first kappa shape index (κ1) is 40.2. The molecule has 9 aromatic carbocycles. The molecule has 0 aliphatic heterocycles. The van der Waals surface area contributed by atoms with Gasteiger partial charge in [-0.05, 0) is 145 Å². The van der Waals surface area contributed by atoms with Crippen molar-refractivity contribution >= 4 is 55.9 Å². The molecule has 310 valence electrons. The number of benzene rings is 9. The van der Waals surface area contributed by atoms with Crippen molar-refractivity contribution < 1.29 is 0 Å². The van der Waals surface area contributed by atoms with E-state index in [0.717, 1.165) is 60.9 Å². The highest BCUT2D eigenvalue weighted by Crippen LogP contribution is 2.45.